The molecule has 1 aromatic rings. The number of nitrogens with zero attached hydrogens (tertiary/aromatic N) is 4. The second kappa shape index (κ2) is 5.70. The molecule has 0 aliphatic carbocycles. The Bertz CT molecular complexity index is 317. The Morgan fingerprint density at radius 1 is 1.27 bits per heavy atom. The van der Waals surface area contributed by atoms with Gasteiger partial charge in [-0.25, -0.2) is 0 Å². The molecule has 5 nitrogen and oxygen atoms in total. The van der Waals surface area contributed by atoms with Crippen LogP contribution in [0.25, 0.3) is 0 Å². The van der Waals surface area contributed by atoms with Crippen molar-refractivity contribution in [3.05, 3.63) is 5.28 Å². The van der Waals surface area contributed by atoms with Crippen molar-refractivity contribution >= 4 is 23.5 Å². The Labute approximate surface area is 94.9 Å². The molecular weight excluding hydrogens is 214 g/mol. The number of anilines is 2. The summed E-state index contributed by atoms with van der Waals surface area (Å²) in [7, 11) is 1.91. The standard InChI is InChI=1S/C9H16ClN5/c1-4-6-11-8-12-7(10)13-9(14-8)15(3)5-2/h4-6H2,1-3H3,(H,11,12,13,14). The molecule has 0 unspecified atom stereocenters. The van der Waals surface area contributed by atoms with Gasteiger partial charge in [0.1, 0.15) is 0 Å². The molecule has 84 valence electrons. The van der Waals surface area contributed by atoms with Crippen molar-refractivity contribution in [1.82, 2.24) is 15.0 Å². The molecule has 0 aliphatic rings. The zero-order valence-corrected chi connectivity index (χ0v) is 10.0. The van der Waals surface area contributed by atoms with E-state index in [1.807, 2.05) is 18.9 Å². The largest absolute Gasteiger partial charge is 0.354 e. The van der Waals surface area contributed by atoms with Crippen LogP contribution in [0.1, 0.15) is 20.3 Å². The number of hydrogen-bond donors (Lipinski definition) is 1. The molecule has 6 heteroatoms. The summed E-state index contributed by atoms with van der Waals surface area (Å²) in [6.45, 7) is 5.76. The summed E-state index contributed by atoms with van der Waals surface area (Å²) in [5.74, 6) is 1.13. The molecule has 0 saturated carbocycles. The molecule has 0 fully saturated rings. The molecule has 0 spiro atoms. The molecule has 1 N–H and O–H groups in total. The van der Waals surface area contributed by atoms with Gasteiger partial charge in [-0.05, 0) is 24.9 Å². The molecule has 0 aromatic carbocycles. The molecule has 0 bridgehead atoms. The summed E-state index contributed by atoms with van der Waals surface area (Å²) in [6.07, 6.45) is 1.02. The van der Waals surface area contributed by atoms with E-state index in [4.69, 9.17) is 11.6 Å². The van der Waals surface area contributed by atoms with Gasteiger partial charge in [0.15, 0.2) is 0 Å². The topological polar surface area (TPSA) is 53.9 Å². The molecule has 0 aliphatic heterocycles. The Morgan fingerprint density at radius 2 is 2.00 bits per heavy atom. The minimum absolute atomic E-state index is 0.221. The molecule has 1 rings (SSSR count). The summed E-state index contributed by atoms with van der Waals surface area (Å²) in [6, 6.07) is 0. The summed E-state index contributed by atoms with van der Waals surface area (Å²) >= 11 is 5.80. The first kappa shape index (κ1) is 12.0. The fourth-order valence-electron chi connectivity index (χ4n) is 0.968. The lowest BCUT2D eigenvalue weighted by Crippen LogP contribution is -2.20. The minimum atomic E-state index is 0.221. The highest BCUT2D eigenvalue weighted by Crippen LogP contribution is 2.12. The van der Waals surface area contributed by atoms with Gasteiger partial charge in [-0.3, -0.25) is 0 Å². The lowest BCUT2D eigenvalue weighted by molar-refractivity contribution is 0.873. The third-order valence-corrected chi connectivity index (χ3v) is 2.11. The van der Waals surface area contributed by atoms with Gasteiger partial charge in [0.2, 0.25) is 17.2 Å². The number of rotatable bonds is 5. The first-order valence-electron chi connectivity index (χ1n) is 5.04. The van der Waals surface area contributed by atoms with Crippen LogP contribution in [-0.4, -0.2) is 35.1 Å². The van der Waals surface area contributed by atoms with Crippen molar-refractivity contribution in [2.45, 2.75) is 20.3 Å². The first-order valence-corrected chi connectivity index (χ1v) is 5.41. The van der Waals surface area contributed by atoms with Gasteiger partial charge in [-0.1, -0.05) is 6.92 Å². The van der Waals surface area contributed by atoms with Gasteiger partial charge in [0, 0.05) is 20.1 Å². The van der Waals surface area contributed by atoms with Crippen LogP contribution >= 0.6 is 11.6 Å². The van der Waals surface area contributed by atoms with Crippen LogP contribution in [-0.2, 0) is 0 Å². The quantitative estimate of drug-likeness (QED) is 0.835. The minimum Gasteiger partial charge on any atom is -0.354 e. The predicted molar refractivity (Wildman–Crippen MR) is 62.6 cm³/mol. The highest BCUT2D eigenvalue weighted by atomic mass is 35.5. The first-order chi connectivity index (χ1) is 7.17. The van der Waals surface area contributed by atoms with Crippen LogP contribution in [0.4, 0.5) is 11.9 Å². The number of hydrogen-bond acceptors (Lipinski definition) is 5. The predicted octanol–water partition coefficient (Wildman–Crippen LogP) is 1.80. The molecule has 0 atom stereocenters. The van der Waals surface area contributed by atoms with E-state index in [9.17, 15) is 0 Å². The lowest BCUT2D eigenvalue weighted by atomic mass is 10.5. The van der Waals surface area contributed by atoms with Crippen molar-refractivity contribution in [2.75, 3.05) is 30.4 Å². The normalized spacial score (nSPS) is 10.1. The van der Waals surface area contributed by atoms with Crippen molar-refractivity contribution < 1.29 is 0 Å². The molecule has 0 amide bonds. The third kappa shape index (κ3) is 3.51. The van der Waals surface area contributed by atoms with E-state index in [2.05, 4.69) is 27.2 Å². The smallest absolute Gasteiger partial charge is 0.231 e. The van der Waals surface area contributed by atoms with Crippen LogP contribution < -0.4 is 10.2 Å². The second-order valence-corrected chi connectivity index (χ2v) is 3.51. The number of halogens is 1. The maximum absolute atomic E-state index is 5.80. The fourth-order valence-corrected chi connectivity index (χ4v) is 1.12. The van der Waals surface area contributed by atoms with Crippen LogP contribution in [0.3, 0.4) is 0 Å². The van der Waals surface area contributed by atoms with Gasteiger partial charge < -0.3 is 10.2 Å². The average molecular weight is 230 g/mol. The molecule has 1 aromatic heterocycles. The van der Waals surface area contributed by atoms with E-state index >= 15 is 0 Å². The van der Waals surface area contributed by atoms with Gasteiger partial charge in [-0.15, -0.1) is 0 Å². The van der Waals surface area contributed by atoms with Crippen LogP contribution in [0, 0.1) is 0 Å². The lowest BCUT2D eigenvalue weighted by Gasteiger charge is -2.14. The van der Waals surface area contributed by atoms with Gasteiger partial charge in [0.05, 0.1) is 0 Å². The average Bonchev–Trinajstić information content (AvgIpc) is 2.24. The summed E-state index contributed by atoms with van der Waals surface area (Å²) in [5.41, 5.74) is 0. The summed E-state index contributed by atoms with van der Waals surface area (Å²) in [4.78, 5) is 14.2. The third-order valence-electron chi connectivity index (χ3n) is 1.95. The van der Waals surface area contributed by atoms with Gasteiger partial charge in [-0.2, -0.15) is 15.0 Å². The van der Waals surface area contributed by atoms with E-state index in [0.717, 1.165) is 19.5 Å². The molecule has 1 heterocycles. The zero-order valence-electron chi connectivity index (χ0n) is 9.29. The van der Waals surface area contributed by atoms with Crippen molar-refractivity contribution in [1.29, 1.82) is 0 Å². The monoisotopic (exact) mass is 229 g/mol. The summed E-state index contributed by atoms with van der Waals surface area (Å²) < 4.78 is 0. The SMILES string of the molecule is CCCNc1nc(Cl)nc(N(C)CC)n1. The molecular formula is C9H16ClN5. The van der Waals surface area contributed by atoms with Crippen LogP contribution in [0.5, 0.6) is 0 Å². The van der Waals surface area contributed by atoms with Crippen molar-refractivity contribution in [2.24, 2.45) is 0 Å². The van der Waals surface area contributed by atoms with Gasteiger partial charge in [0.25, 0.3) is 0 Å². The maximum Gasteiger partial charge on any atom is 0.231 e. The number of aromatic nitrogens is 3. The second-order valence-electron chi connectivity index (χ2n) is 3.17. The molecule has 0 radical (unpaired) electrons. The summed E-state index contributed by atoms with van der Waals surface area (Å²) in [5, 5.41) is 3.30. The maximum atomic E-state index is 5.80. The highest BCUT2D eigenvalue weighted by molar-refractivity contribution is 6.28. The van der Waals surface area contributed by atoms with E-state index in [0.29, 0.717) is 11.9 Å². The van der Waals surface area contributed by atoms with E-state index < -0.39 is 0 Å². The molecule has 15 heavy (non-hydrogen) atoms. The van der Waals surface area contributed by atoms with E-state index in [1.54, 1.807) is 0 Å². The Kier molecular flexibility index (Phi) is 4.55. The van der Waals surface area contributed by atoms with E-state index in [-0.39, 0.29) is 5.28 Å². The Hall–Kier alpha value is -1.10. The Balaban J connectivity index is 2.84. The zero-order chi connectivity index (χ0) is 11.3. The van der Waals surface area contributed by atoms with Gasteiger partial charge >= 0.3 is 0 Å². The highest BCUT2D eigenvalue weighted by Gasteiger charge is 2.07. The number of nitrogens with one attached hydrogen (secondary N) is 1. The molecule has 0 saturated heterocycles. The van der Waals surface area contributed by atoms with Crippen LogP contribution in [0.2, 0.25) is 5.28 Å². The van der Waals surface area contributed by atoms with Crippen molar-refractivity contribution in [3.63, 3.8) is 0 Å². The van der Waals surface area contributed by atoms with E-state index in [1.165, 1.54) is 0 Å². The van der Waals surface area contributed by atoms with Crippen molar-refractivity contribution in [3.8, 4) is 0 Å². The Morgan fingerprint density at radius 3 is 2.60 bits per heavy atom. The fraction of sp³-hybridized carbons (Fsp3) is 0.667. The van der Waals surface area contributed by atoms with Crippen LogP contribution in [0.15, 0.2) is 0 Å².